The monoisotopic (exact) mass is 451 g/mol. The van der Waals surface area contributed by atoms with Crippen molar-refractivity contribution in [2.24, 2.45) is 0 Å². The van der Waals surface area contributed by atoms with Gasteiger partial charge >= 0.3 is 11.9 Å². The number of hydrogen-bond donors (Lipinski definition) is 3. The van der Waals surface area contributed by atoms with Crippen LogP contribution in [-0.2, 0) is 11.3 Å². The van der Waals surface area contributed by atoms with Gasteiger partial charge in [0, 0.05) is 25.4 Å². The summed E-state index contributed by atoms with van der Waals surface area (Å²) in [5.74, 6) is -2.66. The van der Waals surface area contributed by atoms with Gasteiger partial charge in [-0.2, -0.15) is 10.1 Å². The zero-order chi connectivity index (χ0) is 23.7. The van der Waals surface area contributed by atoms with Crippen LogP contribution in [0.4, 0.5) is 0 Å². The van der Waals surface area contributed by atoms with Gasteiger partial charge in [0.1, 0.15) is 6.54 Å². The van der Waals surface area contributed by atoms with Crippen LogP contribution in [0.25, 0.3) is 17.1 Å². The van der Waals surface area contributed by atoms with Crippen molar-refractivity contribution >= 4 is 29.0 Å². The quantitative estimate of drug-likeness (QED) is 0.354. The highest BCUT2D eigenvalue weighted by atomic mass is 16.4. The van der Waals surface area contributed by atoms with E-state index >= 15 is 0 Å². The lowest BCUT2D eigenvalue weighted by molar-refractivity contribution is -0.137. The van der Waals surface area contributed by atoms with Gasteiger partial charge in [-0.25, -0.2) is 14.5 Å². The average Bonchev–Trinajstić information content (AvgIpc) is 3.41. The minimum absolute atomic E-state index is 0.0265. The maximum absolute atomic E-state index is 12.7. The molecule has 3 heterocycles. The summed E-state index contributed by atoms with van der Waals surface area (Å²) in [6, 6.07) is 6.54. The SMILES string of the molecule is CN(CC(=O)O)C(=O)c1ccc(Cn2cnc3nc(-n4cc(C(=O)O)cn4)[nH]c(=O)c32)cc1. The normalized spacial score (nSPS) is 10.9. The number of carboxylic acids is 2. The van der Waals surface area contributed by atoms with E-state index in [1.807, 2.05) is 0 Å². The van der Waals surface area contributed by atoms with Gasteiger partial charge in [0.05, 0.1) is 18.1 Å². The van der Waals surface area contributed by atoms with Crippen LogP contribution in [0.2, 0.25) is 0 Å². The summed E-state index contributed by atoms with van der Waals surface area (Å²) in [4.78, 5) is 58.8. The Kier molecular flexibility index (Phi) is 5.44. The van der Waals surface area contributed by atoms with Crippen molar-refractivity contribution in [1.82, 2.24) is 34.2 Å². The predicted octanol–water partition coefficient (Wildman–Crippen LogP) is 0.208. The third-order valence-electron chi connectivity index (χ3n) is 4.79. The van der Waals surface area contributed by atoms with Crippen LogP contribution in [0, 0.1) is 0 Å². The number of aromatic carboxylic acids is 1. The number of carboxylic acid groups (broad SMARTS) is 2. The van der Waals surface area contributed by atoms with Gasteiger partial charge in [-0.3, -0.25) is 19.4 Å². The molecule has 4 aromatic rings. The summed E-state index contributed by atoms with van der Waals surface area (Å²) < 4.78 is 2.73. The second-order valence-electron chi connectivity index (χ2n) is 7.16. The molecule has 0 radical (unpaired) electrons. The maximum atomic E-state index is 12.7. The Bertz CT molecular complexity index is 1430. The molecule has 0 saturated heterocycles. The molecular formula is C20H17N7O6. The third-order valence-corrected chi connectivity index (χ3v) is 4.79. The molecule has 0 aliphatic rings. The number of imidazole rings is 1. The molecule has 168 valence electrons. The van der Waals surface area contributed by atoms with E-state index in [-0.39, 0.29) is 29.2 Å². The van der Waals surface area contributed by atoms with E-state index in [9.17, 15) is 19.2 Å². The highest BCUT2D eigenvalue weighted by Crippen LogP contribution is 2.13. The molecule has 13 nitrogen and oxygen atoms in total. The largest absolute Gasteiger partial charge is 0.480 e. The van der Waals surface area contributed by atoms with Crippen LogP contribution < -0.4 is 5.56 Å². The van der Waals surface area contributed by atoms with Gasteiger partial charge in [-0.05, 0) is 17.7 Å². The van der Waals surface area contributed by atoms with Crippen LogP contribution >= 0.6 is 0 Å². The number of benzene rings is 1. The van der Waals surface area contributed by atoms with Crippen LogP contribution in [0.3, 0.4) is 0 Å². The maximum Gasteiger partial charge on any atom is 0.338 e. The summed E-state index contributed by atoms with van der Waals surface area (Å²) in [5, 5.41) is 21.7. The van der Waals surface area contributed by atoms with Crippen molar-refractivity contribution in [3.8, 4) is 5.95 Å². The molecule has 0 bridgehead atoms. The van der Waals surface area contributed by atoms with Crippen LogP contribution in [0.15, 0.2) is 47.8 Å². The minimum Gasteiger partial charge on any atom is -0.480 e. The molecule has 13 heteroatoms. The molecule has 0 spiro atoms. The van der Waals surface area contributed by atoms with Crippen molar-refractivity contribution in [1.29, 1.82) is 0 Å². The van der Waals surface area contributed by atoms with Crippen molar-refractivity contribution < 1.29 is 24.6 Å². The lowest BCUT2D eigenvalue weighted by Crippen LogP contribution is -2.31. The zero-order valence-corrected chi connectivity index (χ0v) is 17.2. The fraction of sp³-hybridized carbons (Fsp3) is 0.150. The highest BCUT2D eigenvalue weighted by molar-refractivity contribution is 5.95. The predicted molar refractivity (Wildman–Crippen MR) is 112 cm³/mol. The number of nitrogens with one attached hydrogen (secondary N) is 1. The standard InChI is InChI=1S/C20H17N7O6/c1-25(9-14(28)29)18(31)12-4-2-11(3-5-12)7-26-10-21-16-15(26)17(30)24-20(23-16)27-8-13(6-22-27)19(32)33/h2-6,8,10H,7,9H2,1H3,(H,28,29)(H,32,33)(H,23,24,30). The number of aliphatic carboxylic acids is 1. The number of likely N-dealkylation sites (N-methyl/N-ethyl adjacent to an activating group) is 1. The van der Waals surface area contributed by atoms with Crippen molar-refractivity contribution in [3.05, 3.63) is 70.0 Å². The molecule has 33 heavy (non-hydrogen) atoms. The molecule has 3 aromatic heterocycles. The second-order valence-corrected chi connectivity index (χ2v) is 7.16. The number of aromatic amines is 1. The molecule has 0 unspecified atom stereocenters. The van der Waals surface area contributed by atoms with Gasteiger partial charge in [0.2, 0.25) is 5.95 Å². The first-order chi connectivity index (χ1) is 15.7. The Hall–Kier alpha value is -4.81. The molecule has 0 aliphatic heterocycles. The lowest BCUT2D eigenvalue weighted by Gasteiger charge is -2.14. The molecule has 0 atom stereocenters. The lowest BCUT2D eigenvalue weighted by atomic mass is 10.1. The Morgan fingerprint density at radius 3 is 2.48 bits per heavy atom. The molecule has 1 aromatic carbocycles. The van der Waals surface area contributed by atoms with Crippen molar-refractivity contribution in [2.75, 3.05) is 13.6 Å². The molecular weight excluding hydrogens is 434 g/mol. The first-order valence-electron chi connectivity index (χ1n) is 9.52. The average molecular weight is 451 g/mol. The summed E-state index contributed by atoms with van der Waals surface area (Å²) in [6.07, 6.45) is 3.81. The minimum atomic E-state index is -1.16. The second kappa shape index (κ2) is 8.37. The Labute approximate surface area is 184 Å². The van der Waals surface area contributed by atoms with E-state index in [0.717, 1.165) is 21.3 Å². The Morgan fingerprint density at radius 1 is 1.12 bits per heavy atom. The number of nitrogens with zero attached hydrogens (tertiary/aromatic N) is 6. The van der Waals surface area contributed by atoms with Gasteiger partial charge in [-0.15, -0.1) is 0 Å². The summed E-state index contributed by atoms with van der Waals surface area (Å²) in [5.41, 5.74) is 0.936. The number of carbonyl (C=O) groups excluding carboxylic acids is 1. The highest BCUT2D eigenvalue weighted by Gasteiger charge is 2.16. The molecule has 0 fully saturated rings. The fourth-order valence-electron chi connectivity index (χ4n) is 3.20. The van der Waals surface area contributed by atoms with Crippen LogP contribution in [0.1, 0.15) is 26.3 Å². The van der Waals surface area contributed by atoms with Crippen LogP contribution in [0.5, 0.6) is 0 Å². The number of fused-ring (bicyclic) bond motifs is 1. The van der Waals surface area contributed by atoms with Gasteiger partial charge in [0.25, 0.3) is 11.5 Å². The van der Waals surface area contributed by atoms with Gasteiger partial charge in [-0.1, -0.05) is 12.1 Å². The zero-order valence-electron chi connectivity index (χ0n) is 17.2. The summed E-state index contributed by atoms with van der Waals surface area (Å²) >= 11 is 0. The molecule has 0 aliphatic carbocycles. The topological polar surface area (TPSA) is 176 Å². The number of carbonyl (C=O) groups is 3. The van der Waals surface area contributed by atoms with Gasteiger partial charge < -0.3 is 19.7 Å². The van der Waals surface area contributed by atoms with E-state index in [0.29, 0.717) is 5.56 Å². The number of hydrogen-bond acceptors (Lipinski definition) is 7. The summed E-state index contributed by atoms with van der Waals surface area (Å²) in [6.45, 7) is -0.138. The van der Waals surface area contributed by atoms with E-state index in [4.69, 9.17) is 10.2 Å². The molecule has 4 rings (SSSR count). The summed E-state index contributed by atoms with van der Waals surface area (Å²) in [7, 11) is 1.40. The van der Waals surface area contributed by atoms with E-state index < -0.39 is 29.9 Å². The third kappa shape index (κ3) is 4.32. The first kappa shape index (κ1) is 21.4. The molecule has 3 N–H and O–H groups in total. The number of rotatable bonds is 7. The molecule has 0 saturated carbocycles. The number of H-pyrrole nitrogens is 1. The molecule has 1 amide bonds. The Balaban J connectivity index is 1.57. The first-order valence-corrected chi connectivity index (χ1v) is 9.52. The fourth-order valence-corrected chi connectivity index (χ4v) is 3.20. The number of aromatic nitrogens is 6. The van der Waals surface area contributed by atoms with E-state index in [1.54, 1.807) is 28.8 Å². The number of amides is 1. The van der Waals surface area contributed by atoms with Crippen LogP contribution in [-0.4, -0.2) is 75.9 Å². The Morgan fingerprint density at radius 2 is 1.85 bits per heavy atom. The van der Waals surface area contributed by atoms with Gasteiger partial charge in [0.15, 0.2) is 11.2 Å². The smallest absolute Gasteiger partial charge is 0.338 e. The van der Waals surface area contributed by atoms with Crippen molar-refractivity contribution in [3.63, 3.8) is 0 Å². The van der Waals surface area contributed by atoms with Crippen molar-refractivity contribution in [2.45, 2.75) is 6.54 Å². The van der Waals surface area contributed by atoms with E-state index in [1.165, 1.54) is 19.6 Å². The van der Waals surface area contributed by atoms with E-state index in [2.05, 4.69) is 20.1 Å².